The molecule has 2 rings (SSSR count). The number of nitrogens with zero attached hydrogens (tertiary/aromatic N) is 1. The second-order valence-corrected chi connectivity index (χ2v) is 4.29. The highest BCUT2D eigenvalue weighted by atomic mass is 32.1. The van der Waals surface area contributed by atoms with Crippen LogP contribution in [0.15, 0.2) is 17.5 Å². The summed E-state index contributed by atoms with van der Waals surface area (Å²) in [7, 11) is 1.36. The molecule has 14 heavy (non-hydrogen) atoms. The van der Waals surface area contributed by atoms with Crippen LogP contribution in [0.25, 0.3) is 0 Å². The molecule has 0 saturated heterocycles. The number of carbonyl (C=O) groups is 1. The molecule has 0 unspecified atom stereocenters. The van der Waals surface area contributed by atoms with Gasteiger partial charge in [-0.25, -0.2) is 0 Å². The summed E-state index contributed by atoms with van der Waals surface area (Å²) >= 11 is 1.52. The van der Waals surface area contributed by atoms with E-state index in [4.69, 9.17) is 5.26 Å². The Morgan fingerprint density at radius 3 is 3.14 bits per heavy atom. The second kappa shape index (κ2) is 3.10. The molecule has 4 heteroatoms. The highest BCUT2D eigenvalue weighted by Gasteiger charge is 2.61. The number of carbonyl (C=O) groups excluding carboxylic acids is 1. The normalized spacial score (nSPS) is 29.3. The molecule has 0 aromatic carbocycles. The van der Waals surface area contributed by atoms with Crippen molar-refractivity contribution in [3.05, 3.63) is 22.4 Å². The number of nitriles is 1. The molecule has 3 nitrogen and oxygen atoms in total. The second-order valence-electron chi connectivity index (χ2n) is 3.34. The molecule has 0 N–H and O–H groups in total. The molecule has 0 bridgehead atoms. The van der Waals surface area contributed by atoms with Crippen LogP contribution in [0.4, 0.5) is 0 Å². The maximum atomic E-state index is 11.3. The average Bonchev–Trinajstić information content (AvgIpc) is 2.71. The standard InChI is InChI=1S/C10H9NO2S/c1-13-9(12)7-5-10(7,6-11)8-3-2-4-14-8/h2-4,7H,5H2,1H3/t7-,10-/m0/s1. The van der Waals surface area contributed by atoms with Crippen LogP contribution in [-0.4, -0.2) is 13.1 Å². The molecule has 0 amide bonds. The van der Waals surface area contributed by atoms with E-state index < -0.39 is 5.41 Å². The van der Waals surface area contributed by atoms with Crippen LogP contribution >= 0.6 is 11.3 Å². The summed E-state index contributed by atoms with van der Waals surface area (Å²) in [5, 5.41) is 11.0. The van der Waals surface area contributed by atoms with E-state index in [1.807, 2.05) is 17.5 Å². The van der Waals surface area contributed by atoms with Crippen LogP contribution in [0.1, 0.15) is 11.3 Å². The van der Waals surface area contributed by atoms with E-state index in [9.17, 15) is 4.79 Å². The van der Waals surface area contributed by atoms with Crippen LogP contribution in [0, 0.1) is 17.2 Å². The van der Waals surface area contributed by atoms with Gasteiger partial charge in [0, 0.05) is 4.88 Å². The molecule has 1 aliphatic carbocycles. The van der Waals surface area contributed by atoms with Crippen LogP contribution in [0.2, 0.25) is 0 Å². The van der Waals surface area contributed by atoms with E-state index in [1.165, 1.54) is 18.4 Å². The highest BCUT2D eigenvalue weighted by Crippen LogP contribution is 2.55. The Balaban J connectivity index is 2.26. The van der Waals surface area contributed by atoms with Gasteiger partial charge in [-0.2, -0.15) is 5.26 Å². The van der Waals surface area contributed by atoms with E-state index in [0.29, 0.717) is 6.42 Å². The predicted molar refractivity (Wildman–Crippen MR) is 51.7 cm³/mol. The molecule has 0 spiro atoms. The fourth-order valence-electron chi connectivity index (χ4n) is 1.67. The molecule has 1 saturated carbocycles. The summed E-state index contributed by atoms with van der Waals surface area (Å²) in [4.78, 5) is 12.2. The largest absolute Gasteiger partial charge is 0.469 e. The minimum Gasteiger partial charge on any atom is -0.469 e. The number of methoxy groups -OCH3 is 1. The zero-order valence-corrected chi connectivity index (χ0v) is 8.50. The SMILES string of the molecule is COC(=O)[C@@H]1C[C@@]1(C#N)c1cccs1. The van der Waals surface area contributed by atoms with E-state index in [-0.39, 0.29) is 11.9 Å². The number of ether oxygens (including phenoxy) is 1. The van der Waals surface area contributed by atoms with Gasteiger partial charge >= 0.3 is 5.97 Å². The molecule has 72 valence electrons. The molecular weight excluding hydrogens is 198 g/mol. The summed E-state index contributed by atoms with van der Waals surface area (Å²) < 4.78 is 4.64. The smallest absolute Gasteiger partial charge is 0.310 e. The van der Waals surface area contributed by atoms with Crippen LogP contribution < -0.4 is 0 Å². The molecule has 2 atom stereocenters. The van der Waals surface area contributed by atoms with Crippen LogP contribution in [0.3, 0.4) is 0 Å². The van der Waals surface area contributed by atoms with E-state index in [0.717, 1.165) is 4.88 Å². The predicted octanol–water partition coefficient (Wildman–Crippen LogP) is 1.70. The van der Waals surface area contributed by atoms with Crippen molar-refractivity contribution >= 4 is 17.3 Å². The molecule has 1 fully saturated rings. The molecule has 1 aliphatic rings. The van der Waals surface area contributed by atoms with Crippen molar-refractivity contribution in [2.75, 3.05) is 7.11 Å². The third-order valence-corrected chi connectivity index (χ3v) is 3.65. The summed E-state index contributed by atoms with van der Waals surface area (Å²) in [5.74, 6) is -0.545. The fourth-order valence-corrected chi connectivity index (χ4v) is 2.62. The Hall–Kier alpha value is -1.34. The quantitative estimate of drug-likeness (QED) is 0.693. The Bertz CT molecular complexity index is 393. The number of hydrogen-bond donors (Lipinski definition) is 0. The van der Waals surface area contributed by atoms with E-state index >= 15 is 0 Å². The van der Waals surface area contributed by atoms with Gasteiger partial charge in [0.15, 0.2) is 0 Å². The topological polar surface area (TPSA) is 50.1 Å². The summed E-state index contributed by atoms with van der Waals surface area (Å²) in [6.07, 6.45) is 0.594. The lowest BCUT2D eigenvalue weighted by Crippen LogP contribution is -2.13. The third kappa shape index (κ3) is 1.13. The first-order valence-electron chi connectivity index (χ1n) is 4.27. The van der Waals surface area contributed by atoms with Crippen molar-refractivity contribution in [3.8, 4) is 6.07 Å². The van der Waals surface area contributed by atoms with Crippen LogP contribution in [-0.2, 0) is 14.9 Å². The molecular formula is C10H9NO2S. The van der Waals surface area contributed by atoms with Gasteiger partial charge in [0.25, 0.3) is 0 Å². The number of hydrogen-bond acceptors (Lipinski definition) is 4. The van der Waals surface area contributed by atoms with E-state index in [1.54, 1.807) is 0 Å². The minimum atomic E-state index is -0.596. The Kier molecular flexibility index (Phi) is 2.05. The Labute approximate surface area is 85.9 Å². The van der Waals surface area contributed by atoms with Gasteiger partial charge in [0.05, 0.1) is 19.1 Å². The van der Waals surface area contributed by atoms with Gasteiger partial charge in [-0.3, -0.25) is 4.79 Å². The lowest BCUT2D eigenvalue weighted by molar-refractivity contribution is -0.142. The first-order valence-corrected chi connectivity index (χ1v) is 5.15. The first-order chi connectivity index (χ1) is 6.74. The lowest BCUT2D eigenvalue weighted by Gasteiger charge is -2.03. The fraction of sp³-hybridized carbons (Fsp3) is 0.400. The van der Waals surface area contributed by atoms with Gasteiger partial charge in [0.1, 0.15) is 5.41 Å². The van der Waals surface area contributed by atoms with Gasteiger partial charge in [-0.05, 0) is 17.9 Å². The number of esters is 1. The zero-order valence-electron chi connectivity index (χ0n) is 7.69. The molecule has 0 radical (unpaired) electrons. The molecule has 1 aromatic rings. The Morgan fingerprint density at radius 1 is 1.86 bits per heavy atom. The Morgan fingerprint density at radius 2 is 2.64 bits per heavy atom. The first kappa shape index (κ1) is 9.22. The third-order valence-electron chi connectivity index (χ3n) is 2.61. The molecule has 1 aromatic heterocycles. The van der Waals surface area contributed by atoms with Crippen LogP contribution in [0.5, 0.6) is 0 Å². The average molecular weight is 207 g/mol. The number of rotatable bonds is 2. The van der Waals surface area contributed by atoms with Gasteiger partial charge < -0.3 is 4.74 Å². The van der Waals surface area contributed by atoms with Crippen molar-refractivity contribution < 1.29 is 9.53 Å². The van der Waals surface area contributed by atoms with Crippen molar-refractivity contribution in [2.45, 2.75) is 11.8 Å². The maximum absolute atomic E-state index is 11.3. The van der Waals surface area contributed by atoms with Crippen molar-refractivity contribution in [2.24, 2.45) is 5.92 Å². The number of thiophene rings is 1. The summed E-state index contributed by atoms with van der Waals surface area (Å²) in [6, 6.07) is 6.02. The van der Waals surface area contributed by atoms with Crippen molar-refractivity contribution in [3.63, 3.8) is 0 Å². The minimum absolute atomic E-state index is 0.267. The lowest BCUT2D eigenvalue weighted by atomic mass is 10.0. The monoisotopic (exact) mass is 207 g/mol. The molecule has 1 heterocycles. The summed E-state index contributed by atoms with van der Waals surface area (Å²) in [5.41, 5.74) is -0.596. The highest BCUT2D eigenvalue weighted by molar-refractivity contribution is 7.10. The molecule has 0 aliphatic heterocycles. The maximum Gasteiger partial charge on any atom is 0.310 e. The van der Waals surface area contributed by atoms with Crippen molar-refractivity contribution in [1.29, 1.82) is 5.26 Å². The van der Waals surface area contributed by atoms with Gasteiger partial charge in [0.2, 0.25) is 0 Å². The van der Waals surface area contributed by atoms with Crippen molar-refractivity contribution in [1.82, 2.24) is 0 Å². The van der Waals surface area contributed by atoms with E-state index in [2.05, 4.69) is 10.8 Å². The summed E-state index contributed by atoms with van der Waals surface area (Å²) in [6.45, 7) is 0. The van der Waals surface area contributed by atoms with Gasteiger partial charge in [-0.15, -0.1) is 11.3 Å². The zero-order chi connectivity index (χ0) is 10.2. The van der Waals surface area contributed by atoms with Gasteiger partial charge in [-0.1, -0.05) is 6.07 Å².